The van der Waals surface area contributed by atoms with Crippen molar-refractivity contribution in [3.05, 3.63) is 65.8 Å². The number of aromatic nitrogens is 1. The number of benzene rings is 1. The van der Waals surface area contributed by atoms with Crippen LogP contribution < -0.4 is 5.49 Å². The summed E-state index contributed by atoms with van der Waals surface area (Å²) in [4.78, 5) is 16.4. The molecule has 1 saturated heterocycles. The predicted molar refractivity (Wildman–Crippen MR) is 91.9 cm³/mol. The number of carbonyl (C=O) groups is 1. The van der Waals surface area contributed by atoms with Crippen LogP contribution in [0.2, 0.25) is 0 Å². The van der Waals surface area contributed by atoms with Gasteiger partial charge in [0, 0.05) is 19.2 Å². The third-order valence-electron chi connectivity index (χ3n) is 4.14. The molecular formula is C18H20N2O3S. The lowest BCUT2D eigenvalue weighted by Crippen LogP contribution is -2.22. The van der Waals surface area contributed by atoms with Crippen LogP contribution in [0.15, 0.2) is 59.7 Å². The Kier molecular flexibility index (Phi) is 4.94. The van der Waals surface area contributed by atoms with Gasteiger partial charge in [-0.25, -0.2) is 8.42 Å². The highest BCUT2D eigenvalue weighted by Crippen LogP contribution is 2.21. The Bertz CT molecular complexity index is 886. The number of sulfone groups is 1. The van der Waals surface area contributed by atoms with Crippen molar-refractivity contribution in [2.45, 2.75) is 19.4 Å². The summed E-state index contributed by atoms with van der Waals surface area (Å²) in [5.41, 5.74) is 1.71. The molecule has 6 heteroatoms. The SMILES string of the molecule is O=C(CC1CCS(=O)(=O)C1)N=c1ccccn1Cc1ccccc1. The van der Waals surface area contributed by atoms with Gasteiger partial charge < -0.3 is 4.57 Å². The largest absolute Gasteiger partial charge is 0.329 e. The normalized spacial score (nSPS) is 20.2. The Hall–Kier alpha value is -2.21. The first-order chi connectivity index (χ1) is 11.5. The molecule has 126 valence electrons. The van der Waals surface area contributed by atoms with Crippen LogP contribution in [-0.2, 0) is 21.2 Å². The van der Waals surface area contributed by atoms with Gasteiger partial charge in [0.2, 0.25) is 5.91 Å². The van der Waals surface area contributed by atoms with E-state index in [-0.39, 0.29) is 29.8 Å². The number of rotatable bonds is 4. The van der Waals surface area contributed by atoms with Crippen molar-refractivity contribution in [3.8, 4) is 0 Å². The zero-order valence-electron chi connectivity index (χ0n) is 13.3. The molecule has 0 radical (unpaired) electrons. The van der Waals surface area contributed by atoms with Gasteiger partial charge in [0.15, 0.2) is 9.84 Å². The quantitative estimate of drug-likeness (QED) is 0.849. The minimum absolute atomic E-state index is 0.0995. The molecule has 1 aromatic heterocycles. The summed E-state index contributed by atoms with van der Waals surface area (Å²) in [5, 5.41) is 0. The minimum Gasteiger partial charge on any atom is -0.329 e. The van der Waals surface area contributed by atoms with E-state index in [1.807, 2.05) is 53.2 Å². The molecule has 0 saturated carbocycles. The van der Waals surface area contributed by atoms with Gasteiger partial charge in [0.25, 0.3) is 0 Å². The summed E-state index contributed by atoms with van der Waals surface area (Å²) in [5.74, 6) is -0.0696. The fourth-order valence-corrected chi connectivity index (χ4v) is 4.80. The Balaban J connectivity index is 1.76. The summed E-state index contributed by atoms with van der Waals surface area (Å²) in [6.07, 6.45) is 2.64. The fourth-order valence-electron chi connectivity index (χ4n) is 2.94. The third-order valence-corrected chi connectivity index (χ3v) is 5.98. The molecule has 0 spiro atoms. The van der Waals surface area contributed by atoms with Crippen molar-refractivity contribution >= 4 is 15.7 Å². The van der Waals surface area contributed by atoms with E-state index >= 15 is 0 Å². The summed E-state index contributed by atoms with van der Waals surface area (Å²) < 4.78 is 24.9. The van der Waals surface area contributed by atoms with Crippen LogP contribution in [0.4, 0.5) is 0 Å². The van der Waals surface area contributed by atoms with Crippen molar-refractivity contribution in [2.75, 3.05) is 11.5 Å². The van der Waals surface area contributed by atoms with E-state index in [1.165, 1.54) is 0 Å². The molecule has 0 bridgehead atoms. The molecule has 0 N–H and O–H groups in total. The minimum atomic E-state index is -2.96. The fraction of sp³-hybridized carbons (Fsp3) is 0.333. The molecule has 1 fully saturated rings. The van der Waals surface area contributed by atoms with Crippen LogP contribution in [0.3, 0.4) is 0 Å². The third kappa shape index (κ3) is 4.41. The molecule has 1 amide bonds. The number of nitrogens with zero attached hydrogens (tertiary/aromatic N) is 2. The van der Waals surface area contributed by atoms with Crippen LogP contribution in [0, 0.1) is 5.92 Å². The van der Waals surface area contributed by atoms with Crippen LogP contribution >= 0.6 is 0 Å². The number of hydrogen-bond donors (Lipinski definition) is 0. The molecule has 1 atom stereocenters. The molecule has 1 aliphatic rings. The number of pyridine rings is 1. The Morgan fingerprint density at radius 3 is 2.58 bits per heavy atom. The highest BCUT2D eigenvalue weighted by Gasteiger charge is 2.29. The van der Waals surface area contributed by atoms with E-state index in [0.717, 1.165) is 5.56 Å². The van der Waals surface area contributed by atoms with E-state index in [2.05, 4.69) is 4.99 Å². The second-order valence-electron chi connectivity index (χ2n) is 6.15. The van der Waals surface area contributed by atoms with Gasteiger partial charge in [-0.05, 0) is 30.0 Å². The van der Waals surface area contributed by atoms with Gasteiger partial charge in [-0.15, -0.1) is 0 Å². The smallest absolute Gasteiger partial charge is 0.247 e. The average Bonchev–Trinajstić information content (AvgIpc) is 2.89. The standard InChI is InChI=1S/C18H20N2O3S/c21-18(12-16-9-11-24(22,23)14-16)19-17-8-4-5-10-20(17)13-15-6-2-1-3-7-15/h1-8,10,16H,9,11-14H2. The van der Waals surface area contributed by atoms with E-state index < -0.39 is 9.84 Å². The van der Waals surface area contributed by atoms with E-state index in [0.29, 0.717) is 18.5 Å². The van der Waals surface area contributed by atoms with E-state index in [4.69, 9.17) is 0 Å². The Labute approximate surface area is 141 Å². The summed E-state index contributed by atoms with van der Waals surface area (Å²) in [7, 11) is -2.96. The van der Waals surface area contributed by atoms with Crippen LogP contribution in [0.5, 0.6) is 0 Å². The molecule has 0 aliphatic carbocycles. The Morgan fingerprint density at radius 1 is 1.12 bits per heavy atom. The Morgan fingerprint density at radius 2 is 1.88 bits per heavy atom. The molecule has 1 aliphatic heterocycles. The zero-order valence-corrected chi connectivity index (χ0v) is 14.2. The van der Waals surface area contributed by atoms with Crippen LogP contribution in [0.1, 0.15) is 18.4 Å². The number of carbonyl (C=O) groups excluding carboxylic acids is 1. The first kappa shape index (κ1) is 16.6. The number of hydrogen-bond acceptors (Lipinski definition) is 3. The monoisotopic (exact) mass is 344 g/mol. The van der Waals surface area contributed by atoms with Crippen molar-refractivity contribution in [1.29, 1.82) is 0 Å². The molecule has 1 aromatic carbocycles. The van der Waals surface area contributed by atoms with Gasteiger partial charge in [-0.1, -0.05) is 36.4 Å². The molecular weight excluding hydrogens is 324 g/mol. The maximum atomic E-state index is 12.2. The number of amides is 1. The van der Waals surface area contributed by atoms with Crippen LogP contribution in [0.25, 0.3) is 0 Å². The lowest BCUT2D eigenvalue weighted by Gasteiger charge is -2.08. The molecule has 2 aromatic rings. The van der Waals surface area contributed by atoms with Crippen LogP contribution in [-0.4, -0.2) is 30.4 Å². The van der Waals surface area contributed by atoms with Gasteiger partial charge in [-0.2, -0.15) is 4.99 Å². The highest BCUT2D eigenvalue weighted by molar-refractivity contribution is 7.91. The second-order valence-corrected chi connectivity index (χ2v) is 8.38. The van der Waals surface area contributed by atoms with Gasteiger partial charge in [0.05, 0.1) is 11.5 Å². The predicted octanol–water partition coefficient (Wildman–Crippen LogP) is 1.79. The lowest BCUT2D eigenvalue weighted by atomic mass is 10.1. The maximum absolute atomic E-state index is 12.2. The van der Waals surface area contributed by atoms with Crippen molar-refractivity contribution < 1.29 is 13.2 Å². The molecule has 1 unspecified atom stereocenters. The molecule has 2 heterocycles. The van der Waals surface area contributed by atoms with Crippen molar-refractivity contribution in [1.82, 2.24) is 4.57 Å². The zero-order chi connectivity index (χ0) is 17.0. The first-order valence-corrected chi connectivity index (χ1v) is 9.81. The summed E-state index contributed by atoms with van der Waals surface area (Å²) in [6, 6.07) is 15.5. The highest BCUT2D eigenvalue weighted by atomic mass is 32.2. The maximum Gasteiger partial charge on any atom is 0.247 e. The van der Waals surface area contributed by atoms with E-state index in [9.17, 15) is 13.2 Å². The second kappa shape index (κ2) is 7.13. The lowest BCUT2D eigenvalue weighted by molar-refractivity contribution is -0.118. The van der Waals surface area contributed by atoms with Crippen molar-refractivity contribution in [2.24, 2.45) is 10.9 Å². The van der Waals surface area contributed by atoms with Gasteiger partial charge >= 0.3 is 0 Å². The van der Waals surface area contributed by atoms with E-state index in [1.54, 1.807) is 6.07 Å². The average molecular weight is 344 g/mol. The topological polar surface area (TPSA) is 68.5 Å². The first-order valence-electron chi connectivity index (χ1n) is 7.99. The molecule has 3 rings (SSSR count). The van der Waals surface area contributed by atoms with Crippen molar-refractivity contribution in [3.63, 3.8) is 0 Å². The summed E-state index contributed by atoms with van der Waals surface area (Å²) >= 11 is 0. The molecule has 24 heavy (non-hydrogen) atoms. The summed E-state index contributed by atoms with van der Waals surface area (Å²) in [6.45, 7) is 0.631. The molecule has 5 nitrogen and oxygen atoms in total. The van der Waals surface area contributed by atoms with Gasteiger partial charge in [-0.3, -0.25) is 4.79 Å². The van der Waals surface area contributed by atoms with Gasteiger partial charge in [0.1, 0.15) is 5.49 Å².